The van der Waals surface area contributed by atoms with Gasteiger partial charge in [0.2, 0.25) is 5.91 Å². The molecule has 1 heterocycles. The van der Waals surface area contributed by atoms with Gasteiger partial charge in [-0.05, 0) is 49.0 Å². The van der Waals surface area contributed by atoms with Crippen LogP contribution in [0.1, 0.15) is 39.2 Å². The SMILES string of the molecule is C=CCNC(=O)c1c(NC(=O)C=Cc2ccccc2Cl)sc2c1CCCC2. The number of rotatable bonds is 6. The highest BCUT2D eigenvalue weighted by Gasteiger charge is 2.25. The molecule has 1 aliphatic rings. The van der Waals surface area contributed by atoms with Crippen LogP contribution in [0.2, 0.25) is 5.02 Å². The lowest BCUT2D eigenvalue weighted by Gasteiger charge is -2.12. The fourth-order valence-electron chi connectivity index (χ4n) is 3.08. The second-order valence-corrected chi connectivity index (χ2v) is 7.77. The monoisotopic (exact) mass is 400 g/mol. The molecule has 2 aromatic rings. The third-order valence-corrected chi connectivity index (χ3v) is 5.91. The Morgan fingerprint density at radius 3 is 2.78 bits per heavy atom. The third-order valence-electron chi connectivity index (χ3n) is 4.36. The molecule has 1 aromatic heterocycles. The summed E-state index contributed by atoms with van der Waals surface area (Å²) < 4.78 is 0. The maximum atomic E-state index is 12.6. The molecular weight excluding hydrogens is 380 g/mol. The van der Waals surface area contributed by atoms with E-state index in [0.717, 1.165) is 36.8 Å². The van der Waals surface area contributed by atoms with Crippen LogP contribution >= 0.6 is 22.9 Å². The van der Waals surface area contributed by atoms with Crippen LogP contribution in [0.3, 0.4) is 0 Å². The van der Waals surface area contributed by atoms with Gasteiger partial charge in [0.25, 0.3) is 5.91 Å². The Balaban J connectivity index is 1.82. The lowest BCUT2D eigenvalue weighted by molar-refractivity contribution is -0.111. The number of amides is 2. The Bertz CT molecular complexity index is 902. The molecule has 0 radical (unpaired) electrons. The molecular formula is C21H21ClN2O2S. The van der Waals surface area contributed by atoms with Crippen molar-refractivity contribution in [2.24, 2.45) is 0 Å². The molecule has 0 spiro atoms. The summed E-state index contributed by atoms with van der Waals surface area (Å²) in [5.41, 5.74) is 2.43. The van der Waals surface area contributed by atoms with E-state index >= 15 is 0 Å². The summed E-state index contributed by atoms with van der Waals surface area (Å²) in [6.45, 7) is 4.02. The molecule has 1 aliphatic carbocycles. The van der Waals surface area contributed by atoms with Crippen LogP contribution in [0.5, 0.6) is 0 Å². The van der Waals surface area contributed by atoms with E-state index in [1.165, 1.54) is 22.3 Å². The zero-order chi connectivity index (χ0) is 19.2. The maximum Gasteiger partial charge on any atom is 0.254 e. The lowest BCUT2D eigenvalue weighted by Crippen LogP contribution is -2.25. The minimum Gasteiger partial charge on any atom is -0.348 e. The molecule has 0 unspecified atom stereocenters. The van der Waals surface area contributed by atoms with Crippen molar-refractivity contribution >= 4 is 45.8 Å². The number of hydrogen-bond donors (Lipinski definition) is 2. The van der Waals surface area contributed by atoms with Gasteiger partial charge in [-0.2, -0.15) is 0 Å². The van der Waals surface area contributed by atoms with Crippen molar-refractivity contribution in [1.29, 1.82) is 0 Å². The number of anilines is 1. The second-order valence-electron chi connectivity index (χ2n) is 6.26. The predicted octanol–water partition coefficient (Wildman–Crippen LogP) is 4.85. The van der Waals surface area contributed by atoms with Crippen molar-refractivity contribution < 1.29 is 9.59 Å². The van der Waals surface area contributed by atoms with Gasteiger partial charge in [0.1, 0.15) is 5.00 Å². The average Bonchev–Trinajstić information content (AvgIpc) is 3.03. The minimum absolute atomic E-state index is 0.167. The fourth-order valence-corrected chi connectivity index (χ4v) is 4.57. The quantitative estimate of drug-likeness (QED) is 0.538. The topological polar surface area (TPSA) is 58.2 Å². The molecule has 0 saturated carbocycles. The summed E-state index contributed by atoms with van der Waals surface area (Å²) in [4.78, 5) is 26.2. The number of thiophene rings is 1. The van der Waals surface area contributed by atoms with E-state index < -0.39 is 0 Å². The van der Waals surface area contributed by atoms with Crippen molar-refractivity contribution in [3.05, 3.63) is 69.6 Å². The first kappa shape index (κ1) is 19.4. The van der Waals surface area contributed by atoms with E-state index in [0.29, 0.717) is 22.1 Å². The first-order valence-corrected chi connectivity index (χ1v) is 10.1. The molecule has 27 heavy (non-hydrogen) atoms. The molecule has 4 nitrogen and oxygen atoms in total. The highest BCUT2D eigenvalue weighted by molar-refractivity contribution is 7.17. The third kappa shape index (κ3) is 4.67. The van der Waals surface area contributed by atoms with E-state index in [-0.39, 0.29) is 11.8 Å². The fraction of sp³-hybridized carbons (Fsp3) is 0.238. The molecule has 0 fully saturated rings. The van der Waals surface area contributed by atoms with Crippen LogP contribution in [0.15, 0.2) is 43.0 Å². The Kier molecular flexibility index (Phi) is 6.48. The van der Waals surface area contributed by atoms with Crippen LogP contribution in [-0.4, -0.2) is 18.4 Å². The summed E-state index contributed by atoms with van der Waals surface area (Å²) in [6.07, 6.45) is 8.74. The number of carbonyl (C=O) groups is 2. The van der Waals surface area contributed by atoms with Gasteiger partial charge in [0.15, 0.2) is 0 Å². The average molecular weight is 401 g/mol. The van der Waals surface area contributed by atoms with Gasteiger partial charge in [-0.3, -0.25) is 9.59 Å². The van der Waals surface area contributed by atoms with Gasteiger partial charge in [-0.1, -0.05) is 35.9 Å². The van der Waals surface area contributed by atoms with Crippen molar-refractivity contribution in [3.8, 4) is 0 Å². The van der Waals surface area contributed by atoms with E-state index in [1.807, 2.05) is 18.2 Å². The molecule has 0 atom stereocenters. The maximum absolute atomic E-state index is 12.6. The van der Waals surface area contributed by atoms with Crippen LogP contribution in [-0.2, 0) is 17.6 Å². The second kappa shape index (κ2) is 9.02. The largest absolute Gasteiger partial charge is 0.348 e. The molecule has 6 heteroatoms. The lowest BCUT2D eigenvalue weighted by atomic mass is 9.95. The highest BCUT2D eigenvalue weighted by Crippen LogP contribution is 2.38. The van der Waals surface area contributed by atoms with Gasteiger partial charge in [0.05, 0.1) is 5.56 Å². The van der Waals surface area contributed by atoms with Crippen LogP contribution in [0.25, 0.3) is 6.08 Å². The molecule has 140 valence electrons. The molecule has 1 aromatic carbocycles. The number of aryl methyl sites for hydroxylation is 1. The number of carbonyl (C=O) groups excluding carboxylic acids is 2. The minimum atomic E-state index is -0.286. The number of benzene rings is 1. The number of halogens is 1. The normalized spacial score (nSPS) is 13.2. The summed E-state index contributed by atoms with van der Waals surface area (Å²) in [6, 6.07) is 7.31. The van der Waals surface area contributed by atoms with Crippen molar-refractivity contribution in [1.82, 2.24) is 5.32 Å². The number of nitrogens with one attached hydrogen (secondary N) is 2. The predicted molar refractivity (Wildman–Crippen MR) is 113 cm³/mol. The Hall–Kier alpha value is -2.37. The van der Waals surface area contributed by atoms with Gasteiger partial charge >= 0.3 is 0 Å². The molecule has 2 amide bonds. The van der Waals surface area contributed by atoms with E-state index in [9.17, 15) is 9.59 Å². The molecule has 0 aliphatic heterocycles. The zero-order valence-electron chi connectivity index (χ0n) is 14.9. The first-order chi connectivity index (χ1) is 13.1. The van der Waals surface area contributed by atoms with Crippen LogP contribution in [0.4, 0.5) is 5.00 Å². The first-order valence-electron chi connectivity index (χ1n) is 8.87. The summed E-state index contributed by atoms with van der Waals surface area (Å²) in [5.74, 6) is -0.453. The van der Waals surface area contributed by atoms with Crippen molar-refractivity contribution in [2.45, 2.75) is 25.7 Å². The summed E-state index contributed by atoms with van der Waals surface area (Å²) >= 11 is 7.61. The van der Waals surface area contributed by atoms with Crippen LogP contribution in [0, 0.1) is 0 Å². The molecule has 0 bridgehead atoms. The number of hydrogen-bond acceptors (Lipinski definition) is 3. The van der Waals surface area contributed by atoms with E-state index in [1.54, 1.807) is 18.2 Å². The zero-order valence-corrected chi connectivity index (χ0v) is 16.5. The highest BCUT2D eigenvalue weighted by atomic mass is 35.5. The Labute approximate surface area is 167 Å². The molecule has 2 N–H and O–H groups in total. The van der Waals surface area contributed by atoms with Gasteiger partial charge < -0.3 is 10.6 Å². The molecule has 0 saturated heterocycles. The Morgan fingerprint density at radius 1 is 1.22 bits per heavy atom. The molecule has 3 rings (SSSR count). The van der Waals surface area contributed by atoms with E-state index in [2.05, 4.69) is 17.2 Å². The Morgan fingerprint density at radius 2 is 2.00 bits per heavy atom. The van der Waals surface area contributed by atoms with Gasteiger partial charge in [0, 0.05) is 22.5 Å². The smallest absolute Gasteiger partial charge is 0.254 e. The number of fused-ring (bicyclic) bond motifs is 1. The van der Waals surface area contributed by atoms with E-state index in [4.69, 9.17) is 11.6 Å². The van der Waals surface area contributed by atoms with Gasteiger partial charge in [-0.25, -0.2) is 0 Å². The van der Waals surface area contributed by atoms with Gasteiger partial charge in [-0.15, -0.1) is 17.9 Å². The summed E-state index contributed by atoms with van der Waals surface area (Å²) in [5, 5.41) is 6.89. The van der Waals surface area contributed by atoms with Crippen molar-refractivity contribution in [2.75, 3.05) is 11.9 Å². The van der Waals surface area contributed by atoms with Crippen molar-refractivity contribution in [3.63, 3.8) is 0 Å². The summed E-state index contributed by atoms with van der Waals surface area (Å²) in [7, 11) is 0. The van der Waals surface area contributed by atoms with Crippen LogP contribution < -0.4 is 10.6 Å². The standard InChI is InChI=1S/C21H21ClN2O2S/c1-2-13-23-20(26)19-15-8-4-6-10-17(15)27-21(19)24-18(25)12-11-14-7-3-5-9-16(14)22/h2-3,5,7,9,11-12H,1,4,6,8,10,13H2,(H,23,26)(H,24,25).